The maximum absolute atomic E-state index is 15.2. The van der Waals surface area contributed by atoms with Gasteiger partial charge in [0.25, 0.3) is 0 Å². The lowest BCUT2D eigenvalue weighted by Gasteiger charge is -2.44. The third-order valence-electron chi connectivity index (χ3n) is 14.4. The number of aryl methyl sites for hydroxylation is 1. The third kappa shape index (κ3) is 10.9. The number of imide groups is 1. The second kappa shape index (κ2) is 21.0. The van der Waals surface area contributed by atoms with E-state index in [4.69, 9.17) is 9.72 Å². The number of halogens is 3. The monoisotopic (exact) mass is 1030 g/mol. The molecule has 2 aromatic carbocycles. The molecule has 9 rings (SSSR count). The molecule has 5 aromatic rings. The summed E-state index contributed by atoms with van der Waals surface area (Å²) in [5.74, 6) is -1.38. The first kappa shape index (κ1) is 48.7. The van der Waals surface area contributed by atoms with Crippen molar-refractivity contribution in [2.45, 2.75) is 70.3 Å². The smallest absolute Gasteiger partial charge is 0.234 e. The van der Waals surface area contributed by atoms with Gasteiger partial charge >= 0.3 is 0 Å². The Morgan fingerprint density at radius 3 is 2.28 bits per heavy atom. The first-order valence-electron chi connectivity index (χ1n) is 24.1. The number of hydrogen-bond donors (Lipinski definition) is 3. The molecule has 4 saturated heterocycles. The molecule has 2 amide bonds. The van der Waals surface area contributed by atoms with Crippen LogP contribution >= 0.6 is 23.1 Å². The molecule has 4 fully saturated rings. The molecule has 7 heterocycles. The molecule has 4 aliphatic heterocycles. The summed E-state index contributed by atoms with van der Waals surface area (Å²) >= 11 is 3.59. The lowest BCUT2D eigenvalue weighted by atomic mass is 9.89. The van der Waals surface area contributed by atoms with Gasteiger partial charge in [-0.05, 0) is 123 Å². The SMILES string of the molecule is CCc1cc(Nc2ncc(Br)c(Nc3cnc4ncccc4c3P(C)(C)=O)n2)c(OC)cc1N1CCC(N2CCN(CCC3CCN(c4cc(F)c(C5CCC(=O)NC5=O)c(F)c4)CC3)CC2)CC1. The summed E-state index contributed by atoms with van der Waals surface area (Å²) < 4.78 is 50.6. The molecule has 69 heavy (non-hydrogen) atoms. The summed E-state index contributed by atoms with van der Waals surface area (Å²) in [4.78, 5) is 51.9. The molecule has 0 aliphatic carbocycles. The van der Waals surface area contributed by atoms with Gasteiger partial charge in [-0.25, -0.2) is 23.7 Å². The highest BCUT2D eigenvalue weighted by molar-refractivity contribution is 9.10. The van der Waals surface area contributed by atoms with E-state index in [1.165, 1.54) is 23.4 Å². The third-order valence-corrected chi connectivity index (χ3v) is 16.5. The number of carbonyl (C=O) groups is 2. The number of methoxy groups -OCH3 is 1. The van der Waals surface area contributed by atoms with E-state index in [-0.39, 0.29) is 18.4 Å². The molecule has 15 nitrogen and oxygen atoms in total. The van der Waals surface area contributed by atoms with Crippen LogP contribution in [0.3, 0.4) is 0 Å². The Hall–Kier alpha value is -5.29. The van der Waals surface area contributed by atoms with Crippen molar-refractivity contribution >= 4 is 85.7 Å². The number of aromatic nitrogens is 4. The first-order chi connectivity index (χ1) is 33.3. The minimum Gasteiger partial charge on any atom is -0.494 e. The Morgan fingerprint density at radius 2 is 1.59 bits per heavy atom. The van der Waals surface area contributed by atoms with E-state index < -0.39 is 36.5 Å². The summed E-state index contributed by atoms with van der Waals surface area (Å²) in [6, 6.07) is 11.2. The van der Waals surface area contributed by atoms with Crippen LogP contribution in [0.4, 0.5) is 43.3 Å². The second-order valence-corrected chi connectivity index (χ2v) is 23.1. The molecule has 1 atom stereocenters. The summed E-state index contributed by atoms with van der Waals surface area (Å²) in [5.41, 5.74) is 4.54. The van der Waals surface area contributed by atoms with Gasteiger partial charge in [-0.2, -0.15) is 4.98 Å². The van der Waals surface area contributed by atoms with Crippen molar-refractivity contribution in [1.29, 1.82) is 0 Å². The predicted molar refractivity (Wildman–Crippen MR) is 272 cm³/mol. The average Bonchev–Trinajstić information content (AvgIpc) is 3.34. The molecular formula is C50H61BrF2N11O4P. The van der Waals surface area contributed by atoms with Crippen LogP contribution in [0, 0.1) is 17.6 Å². The van der Waals surface area contributed by atoms with Crippen LogP contribution < -0.4 is 35.8 Å². The molecule has 0 radical (unpaired) electrons. The van der Waals surface area contributed by atoms with Crippen LogP contribution in [0.1, 0.15) is 68.9 Å². The number of piperazine rings is 1. The Balaban J connectivity index is 0.750. The molecular weight excluding hydrogens is 967 g/mol. The van der Waals surface area contributed by atoms with Gasteiger partial charge in [0.2, 0.25) is 17.8 Å². The summed E-state index contributed by atoms with van der Waals surface area (Å²) in [5, 5.41) is 10.4. The standard InChI is InChI=1S/C50H61BrF2N11O4P/c1-5-32-25-40(58-50-56-29-37(51)48(60-50)57-41-30-55-47-36(7-6-15-54-47)46(41)69(3,4)67)43(68-2)28-42(32)64-19-13-33(14-20-64)63-23-21-61(22-24-63)16-10-31-11-17-62(18-12-31)34-26-38(52)45(39(53)27-34)35-8-9-44(65)59-49(35)66/h6-7,15,25-31,33,35H,5,8-14,16-24H2,1-4H3,(H,59,65,66)(H2,56,57,58,60). The Bertz CT molecular complexity index is 2730. The number of hydrogen-bond acceptors (Lipinski definition) is 14. The van der Waals surface area contributed by atoms with Gasteiger partial charge in [-0.3, -0.25) is 19.8 Å². The Labute approximate surface area is 410 Å². The highest BCUT2D eigenvalue weighted by Gasteiger charge is 2.34. The van der Waals surface area contributed by atoms with Crippen molar-refractivity contribution in [3.63, 3.8) is 0 Å². The molecule has 1 unspecified atom stereocenters. The highest BCUT2D eigenvalue weighted by Crippen LogP contribution is 2.42. The number of benzene rings is 2. The zero-order valence-corrected chi connectivity index (χ0v) is 42.2. The van der Waals surface area contributed by atoms with Crippen LogP contribution in [0.2, 0.25) is 0 Å². The van der Waals surface area contributed by atoms with E-state index in [1.807, 2.05) is 17.0 Å². The number of pyridine rings is 2. The number of nitrogens with zero attached hydrogens (tertiary/aromatic N) is 8. The highest BCUT2D eigenvalue weighted by atomic mass is 79.9. The van der Waals surface area contributed by atoms with Gasteiger partial charge in [0.05, 0.1) is 35.1 Å². The van der Waals surface area contributed by atoms with Crippen molar-refractivity contribution < 1.29 is 27.7 Å². The topological polar surface area (TPSA) is 161 Å². The van der Waals surface area contributed by atoms with E-state index in [9.17, 15) is 14.2 Å². The van der Waals surface area contributed by atoms with Gasteiger partial charge in [0.1, 0.15) is 30.3 Å². The number of piperidine rings is 3. The van der Waals surface area contributed by atoms with Crippen molar-refractivity contribution in [2.24, 2.45) is 5.92 Å². The maximum Gasteiger partial charge on any atom is 0.234 e. The number of ether oxygens (including phenoxy) is 1. The van der Waals surface area contributed by atoms with Crippen molar-refractivity contribution in [2.75, 3.05) is 99.8 Å². The van der Waals surface area contributed by atoms with Gasteiger partial charge in [0.15, 0.2) is 5.65 Å². The van der Waals surface area contributed by atoms with Gasteiger partial charge in [-0.1, -0.05) is 6.92 Å². The fraction of sp³-hybridized carbons (Fsp3) is 0.480. The van der Waals surface area contributed by atoms with Gasteiger partial charge in [0, 0.05) is 111 Å². The summed E-state index contributed by atoms with van der Waals surface area (Å²) in [6.07, 6.45) is 11.3. The number of amides is 2. The van der Waals surface area contributed by atoms with E-state index in [0.29, 0.717) is 56.3 Å². The molecule has 19 heteroatoms. The van der Waals surface area contributed by atoms with E-state index in [0.717, 1.165) is 109 Å². The number of anilines is 6. The number of carbonyl (C=O) groups excluding carboxylic acids is 2. The zero-order valence-electron chi connectivity index (χ0n) is 39.7. The minimum atomic E-state index is -2.76. The molecule has 0 saturated carbocycles. The maximum atomic E-state index is 15.2. The van der Waals surface area contributed by atoms with Gasteiger partial charge in [-0.15, -0.1) is 0 Å². The predicted octanol–water partition coefficient (Wildman–Crippen LogP) is 8.18. The zero-order chi connectivity index (χ0) is 48.4. The first-order valence-corrected chi connectivity index (χ1v) is 27.5. The minimum absolute atomic E-state index is 0.0702. The molecule has 0 spiro atoms. The van der Waals surface area contributed by atoms with E-state index in [1.54, 1.807) is 39.0 Å². The molecule has 366 valence electrons. The van der Waals surface area contributed by atoms with Crippen molar-refractivity contribution in [3.8, 4) is 5.75 Å². The Morgan fingerprint density at radius 1 is 0.870 bits per heavy atom. The lowest BCUT2D eigenvalue weighted by Crippen LogP contribution is -2.53. The van der Waals surface area contributed by atoms with E-state index >= 15 is 8.78 Å². The van der Waals surface area contributed by atoms with Crippen molar-refractivity contribution in [1.82, 2.24) is 35.1 Å². The van der Waals surface area contributed by atoms with Crippen LogP contribution in [0.15, 0.2) is 59.5 Å². The van der Waals surface area contributed by atoms with Gasteiger partial charge < -0.3 is 34.6 Å². The second-order valence-electron chi connectivity index (χ2n) is 19.1. The largest absolute Gasteiger partial charge is 0.494 e. The van der Waals surface area contributed by atoms with Crippen LogP contribution in [0.5, 0.6) is 5.75 Å². The van der Waals surface area contributed by atoms with E-state index in [2.05, 4.69) is 80.6 Å². The number of nitrogens with one attached hydrogen (secondary N) is 3. The number of fused-ring (bicyclic) bond motifs is 1. The van der Waals surface area contributed by atoms with Crippen LogP contribution in [-0.2, 0) is 20.6 Å². The molecule has 0 bridgehead atoms. The number of rotatable bonds is 14. The van der Waals surface area contributed by atoms with Crippen molar-refractivity contribution in [3.05, 3.63) is 82.2 Å². The quantitative estimate of drug-likeness (QED) is 0.0722. The normalized spacial score (nSPS) is 19.3. The molecule has 3 aromatic heterocycles. The fourth-order valence-corrected chi connectivity index (χ4v) is 12.4. The summed E-state index contributed by atoms with van der Waals surface area (Å²) in [6.45, 7) is 14.3. The Kier molecular flexibility index (Phi) is 14.8. The fourth-order valence-electron chi connectivity index (χ4n) is 10.6. The average molecular weight is 1030 g/mol. The van der Waals surface area contributed by atoms with Crippen LogP contribution in [0.25, 0.3) is 11.0 Å². The molecule has 3 N–H and O–H groups in total. The summed E-state index contributed by atoms with van der Waals surface area (Å²) in [7, 11) is -1.08. The lowest BCUT2D eigenvalue weighted by molar-refractivity contribution is -0.134. The molecule has 4 aliphatic rings. The van der Waals surface area contributed by atoms with Crippen LogP contribution in [-0.4, -0.2) is 127 Å².